The summed E-state index contributed by atoms with van der Waals surface area (Å²) in [5, 5.41) is 0.830. The Morgan fingerprint density at radius 3 is 1.73 bits per heavy atom. The van der Waals surface area contributed by atoms with Crippen molar-refractivity contribution in [3.8, 4) is 17.1 Å². The van der Waals surface area contributed by atoms with Gasteiger partial charge in [0.2, 0.25) is 6.29 Å². The molecule has 0 bridgehead atoms. The Bertz CT molecular complexity index is 1730. The second-order valence-electron chi connectivity index (χ2n) is 13.3. The third-order valence-electron chi connectivity index (χ3n) is 8.85. The number of pyridine rings is 1. The topological polar surface area (TPSA) is 40.4 Å². The molecule has 2 aliphatic rings. The molecule has 0 radical (unpaired) electrons. The van der Waals surface area contributed by atoms with E-state index in [0.29, 0.717) is 17.5 Å². The molecule has 6 nitrogen and oxygen atoms in total. The lowest BCUT2D eigenvalue weighted by atomic mass is 9.92. The lowest BCUT2D eigenvalue weighted by molar-refractivity contribution is 0.370. The van der Waals surface area contributed by atoms with Gasteiger partial charge in [0, 0.05) is 30.2 Å². The molecular weight excluding hydrogens is 644 g/mol. The number of hydrogen-bond acceptors (Lipinski definition) is 5. The van der Waals surface area contributed by atoms with Gasteiger partial charge in [0.1, 0.15) is 5.82 Å². The van der Waals surface area contributed by atoms with E-state index < -0.39 is 6.29 Å². The quantitative estimate of drug-likeness (QED) is 0.158. The molecular formula is C45H63FN6. The molecule has 0 aliphatic carbocycles. The normalized spacial score (nSPS) is 13.5. The van der Waals surface area contributed by atoms with E-state index in [9.17, 15) is 4.48 Å². The summed E-state index contributed by atoms with van der Waals surface area (Å²) in [7, 11) is 0. The van der Waals surface area contributed by atoms with Gasteiger partial charge in [0.15, 0.2) is 5.82 Å². The summed E-state index contributed by atoms with van der Waals surface area (Å²) in [4.78, 5) is 13.1. The Labute approximate surface area is 314 Å². The highest BCUT2D eigenvalue weighted by Gasteiger charge is 2.49. The number of rotatable bonds is 7. The first kappa shape index (κ1) is 41.8. The number of imidazole rings is 1. The second kappa shape index (κ2) is 20.4. The number of aromatic nitrogens is 3. The summed E-state index contributed by atoms with van der Waals surface area (Å²) in [6.07, 6.45) is 9.33. The predicted octanol–water partition coefficient (Wildman–Crippen LogP) is 13.5. The minimum atomic E-state index is -0.475. The third-order valence-corrected chi connectivity index (χ3v) is 8.85. The fourth-order valence-electron chi connectivity index (χ4n) is 6.53. The van der Waals surface area contributed by atoms with Gasteiger partial charge < -0.3 is 4.90 Å². The average Bonchev–Trinajstić information content (AvgIpc) is 3.88. The second-order valence-corrected chi connectivity index (χ2v) is 13.3. The van der Waals surface area contributed by atoms with Gasteiger partial charge in [-0.05, 0) is 61.1 Å². The van der Waals surface area contributed by atoms with Gasteiger partial charge in [-0.3, -0.25) is 9.47 Å². The van der Waals surface area contributed by atoms with E-state index in [1.165, 1.54) is 36.1 Å². The molecule has 2 aliphatic heterocycles. The maximum atomic E-state index is 14.8. The Morgan fingerprint density at radius 2 is 1.19 bits per heavy atom. The van der Waals surface area contributed by atoms with Crippen molar-refractivity contribution in [3.63, 3.8) is 0 Å². The smallest absolute Gasteiger partial charge is 0.216 e. The molecule has 0 spiro atoms. The zero-order valence-corrected chi connectivity index (χ0v) is 33.8. The van der Waals surface area contributed by atoms with Gasteiger partial charge in [-0.2, -0.15) is 5.12 Å². The van der Waals surface area contributed by atoms with Crippen molar-refractivity contribution in [2.75, 3.05) is 14.9 Å². The number of hydrogen-bond donors (Lipinski definition) is 0. The minimum absolute atomic E-state index is 0.181. The van der Waals surface area contributed by atoms with Crippen molar-refractivity contribution in [1.82, 2.24) is 14.5 Å². The van der Waals surface area contributed by atoms with Gasteiger partial charge in [-0.1, -0.05) is 154 Å². The van der Waals surface area contributed by atoms with E-state index in [1.54, 1.807) is 12.3 Å². The first-order chi connectivity index (χ1) is 25.2. The number of anilines is 4. The van der Waals surface area contributed by atoms with Crippen molar-refractivity contribution in [2.45, 2.75) is 127 Å². The SMILES string of the molecule is CC.CC.CC(C)N1c2cccnc2N2c3ccccc3N(F)C21.CC(C)c1cccc(C(C)C)c1-n1ccnc1-c1ccccc1.CCCCC. The maximum Gasteiger partial charge on any atom is 0.216 e. The van der Waals surface area contributed by atoms with Crippen LogP contribution in [-0.4, -0.2) is 26.9 Å². The molecule has 5 aromatic rings. The zero-order chi connectivity index (χ0) is 38.4. The molecule has 1 unspecified atom stereocenters. The zero-order valence-electron chi connectivity index (χ0n) is 33.8. The summed E-state index contributed by atoms with van der Waals surface area (Å²) < 4.78 is 17.0. The van der Waals surface area contributed by atoms with E-state index in [1.807, 2.05) is 75.2 Å². The molecule has 0 saturated heterocycles. The molecule has 0 fully saturated rings. The molecule has 1 atom stereocenters. The number of para-hydroxylation sites is 3. The lowest BCUT2D eigenvalue weighted by Crippen LogP contribution is -2.49. The van der Waals surface area contributed by atoms with Crippen LogP contribution in [0, 0.1) is 0 Å². The van der Waals surface area contributed by atoms with Crippen molar-refractivity contribution < 1.29 is 4.48 Å². The standard InChI is InChI=1S/C21H24N2.C15H15FN4.C5H12.2C2H6/c1-15(2)18-11-8-12-19(16(3)4)20(18)23-14-13-22-21(23)17-9-6-5-7-10-17;1-10(2)18-13-8-5-9-17-14(13)19-11-6-3-4-7-12(11)20(16)15(18)19;1-3-5-4-2;2*1-2/h5-16H,1-4H3;3-10,15H,1-2H3;3-5H2,1-2H3;2*1-2H3. The highest BCUT2D eigenvalue weighted by atomic mass is 19.2. The number of unbranched alkanes of at least 4 members (excludes halogenated alkanes) is 2. The van der Waals surface area contributed by atoms with Crippen LogP contribution < -0.4 is 14.9 Å². The summed E-state index contributed by atoms with van der Waals surface area (Å²) >= 11 is 0. The number of nitrogens with zero attached hydrogens (tertiary/aromatic N) is 6. The first-order valence-electron chi connectivity index (χ1n) is 19.5. The number of benzene rings is 3. The third kappa shape index (κ3) is 9.04. The van der Waals surface area contributed by atoms with Crippen molar-refractivity contribution in [2.24, 2.45) is 0 Å². The minimum Gasteiger partial charge on any atom is -0.326 e. The molecule has 2 aromatic heterocycles. The number of halogens is 1. The van der Waals surface area contributed by atoms with Crippen molar-refractivity contribution in [1.29, 1.82) is 0 Å². The summed E-state index contributed by atoms with van der Waals surface area (Å²) in [5.74, 6) is 2.75. The predicted molar refractivity (Wildman–Crippen MR) is 223 cm³/mol. The van der Waals surface area contributed by atoms with Crippen LogP contribution in [0.1, 0.15) is 125 Å². The molecule has 0 amide bonds. The molecule has 7 rings (SSSR count). The summed E-state index contributed by atoms with van der Waals surface area (Å²) in [6.45, 7) is 25.6. The monoisotopic (exact) mass is 707 g/mol. The molecule has 4 heterocycles. The van der Waals surface area contributed by atoms with Gasteiger partial charge in [-0.15, -0.1) is 0 Å². The largest absolute Gasteiger partial charge is 0.326 e. The van der Waals surface area contributed by atoms with E-state index in [-0.39, 0.29) is 6.04 Å². The van der Waals surface area contributed by atoms with E-state index in [4.69, 9.17) is 0 Å². The van der Waals surface area contributed by atoms with Gasteiger partial charge in [-0.25, -0.2) is 9.97 Å². The lowest BCUT2D eigenvalue weighted by Gasteiger charge is -2.32. The maximum absolute atomic E-state index is 14.8. The van der Waals surface area contributed by atoms with Crippen LogP contribution in [0.25, 0.3) is 17.1 Å². The van der Waals surface area contributed by atoms with E-state index in [0.717, 1.165) is 33.7 Å². The van der Waals surface area contributed by atoms with Gasteiger partial charge in [0.25, 0.3) is 0 Å². The fraction of sp³-hybridized carbons (Fsp3) is 0.422. The molecule has 0 saturated carbocycles. The Kier molecular flexibility index (Phi) is 16.4. The van der Waals surface area contributed by atoms with Crippen LogP contribution in [0.15, 0.2) is 104 Å². The average molecular weight is 707 g/mol. The van der Waals surface area contributed by atoms with Crippen LogP contribution >= 0.6 is 0 Å². The van der Waals surface area contributed by atoms with Crippen molar-refractivity contribution >= 4 is 22.9 Å². The Balaban J connectivity index is 0.000000230. The van der Waals surface area contributed by atoms with E-state index in [2.05, 4.69) is 123 Å². The molecule has 52 heavy (non-hydrogen) atoms. The van der Waals surface area contributed by atoms with Crippen LogP contribution in [0.4, 0.5) is 27.4 Å². The fourth-order valence-corrected chi connectivity index (χ4v) is 6.53. The molecule has 3 aromatic carbocycles. The van der Waals surface area contributed by atoms with Crippen LogP contribution in [0.5, 0.6) is 0 Å². The Hall–Kier alpha value is -4.65. The Morgan fingerprint density at radius 1 is 0.635 bits per heavy atom. The summed E-state index contributed by atoms with van der Waals surface area (Å²) in [5.41, 5.74) is 7.60. The van der Waals surface area contributed by atoms with Crippen LogP contribution in [0.3, 0.4) is 0 Å². The van der Waals surface area contributed by atoms with E-state index >= 15 is 0 Å². The van der Waals surface area contributed by atoms with Crippen molar-refractivity contribution in [3.05, 3.63) is 115 Å². The highest BCUT2D eigenvalue weighted by Crippen LogP contribution is 2.52. The molecule has 7 heteroatoms. The molecule has 280 valence electrons. The highest BCUT2D eigenvalue weighted by molar-refractivity contribution is 5.91. The first-order valence-corrected chi connectivity index (χ1v) is 19.5. The number of fused-ring (bicyclic) bond motifs is 5. The van der Waals surface area contributed by atoms with Crippen LogP contribution in [-0.2, 0) is 0 Å². The van der Waals surface area contributed by atoms with Crippen LogP contribution in [0.2, 0.25) is 0 Å². The molecule has 0 N–H and O–H groups in total. The summed E-state index contributed by atoms with van der Waals surface area (Å²) in [6, 6.07) is 28.6. The van der Waals surface area contributed by atoms with Gasteiger partial charge >= 0.3 is 0 Å². The van der Waals surface area contributed by atoms with Gasteiger partial charge in [0.05, 0.1) is 22.7 Å².